The molecule has 0 amide bonds. The second-order valence-corrected chi connectivity index (χ2v) is 14.4. The predicted molar refractivity (Wildman–Crippen MR) is 167 cm³/mol. The van der Waals surface area contributed by atoms with Gasteiger partial charge in [-0.05, 0) is 66.6 Å². The van der Waals surface area contributed by atoms with Crippen LogP contribution in [0.2, 0.25) is 0 Å². The van der Waals surface area contributed by atoms with E-state index in [1.807, 2.05) is 22.8 Å². The molecule has 7 rings (SSSR count). The summed E-state index contributed by atoms with van der Waals surface area (Å²) in [6.45, 7) is 0. The lowest BCUT2D eigenvalue weighted by molar-refractivity contribution is 0.521. The van der Waals surface area contributed by atoms with Gasteiger partial charge in [-0.25, -0.2) is 27.1 Å². The minimum atomic E-state index is -3.68. The molecule has 3 aromatic carbocycles. The summed E-state index contributed by atoms with van der Waals surface area (Å²) in [7, 11) is -0.702. The van der Waals surface area contributed by atoms with Crippen molar-refractivity contribution < 1.29 is 12.8 Å². The number of fused-ring (bicyclic) bond motifs is 1. The van der Waals surface area contributed by atoms with Crippen LogP contribution in [0.5, 0.6) is 0 Å². The fourth-order valence-corrected chi connectivity index (χ4v) is 7.75. The maximum Gasteiger partial charge on any atom is 0.242 e. The Morgan fingerprint density at radius 3 is 2.40 bits per heavy atom. The number of sulfonamides is 1. The average molecular weight is 629 g/mol. The molecule has 3 heterocycles. The first-order valence-corrected chi connectivity index (χ1v) is 16.7. The number of aromatic nitrogens is 5. The summed E-state index contributed by atoms with van der Waals surface area (Å²) in [5.41, 5.74) is 3.29. The molecule has 216 valence electrons. The van der Waals surface area contributed by atoms with E-state index in [4.69, 9.17) is 9.97 Å². The number of hydrogen-bond acceptors (Lipinski definition) is 8. The standard InChI is InChI=1S/C31H25FN6O2S3/c1-37(2)43(39,40)24-10-6-9-21(17-24)28-35-36-31(38(28)23-15-13-22(32)14-16-23)42-30-26-25(19-7-4-3-5-8-19)18-41-29(26)33-27(34-30)20-11-12-20/h3-10,13-18,20H,11-12H2,1-2H3. The largest absolute Gasteiger partial charge is 0.270 e. The summed E-state index contributed by atoms with van der Waals surface area (Å²) in [5, 5.41) is 13.4. The summed E-state index contributed by atoms with van der Waals surface area (Å²) >= 11 is 2.96. The first-order valence-electron chi connectivity index (χ1n) is 13.6. The third-order valence-electron chi connectivity index (χ3n) is 7.22. The Morgan fingerprint density at radius 2 is 1.67 bits per heavy atom. The van der Waals surface area contributed by atoms with Crippen molar-refractivity contribution in [2.75, 3.05) is 14.1 Å². The molecule has 0 radical (unpaired) electrons. The molecule has 43 heavy (non-hydrogen) atoms. The van der Waals surface area contributed by atoms with Crippen LogP contribution in [0.4, 0.5) is 4.39 Å². The van der Waals surface area contributed by atoms with Gasteiger partial charge >= 0.3 is 0 Å². The molecule has 3 aromatic heterocycles. The van der Waals surface area contributed by atoms with Gasteiger partial charge in [0.25, 0.3) is 0 Å². The molecule has 0 saturated heterocycles. The Balaban J connectivity index is 1.41. The van der Waals surface area contributed by atoms with Crippen molar-refractivity contribution in [2.45, 2.75) is 33.8 Å². The Morgan fingerprint density at radius 1 is 0.930 bits per heavy atom. The van der Waals surface area contributed by atoms with E-state index < -0.39 is 10.0 Å². The van der Waals surface area contributed by atoms with E-state index in [0.29, 0.717) is 28.1 Å². The van der Waals surface area contributed by atoms with E-state index in [0.717, 1.165) is 45.0 Å². The topological polar surface area (TPSA) is 93.9 Å². The molecular formula is C31H25FN6O2S3. The number of halogens is 1. The predicted octanol–water partition coefficient (Wildman–Crippen LogP) is 7.02. The molecule has 12 heteroatoms. The molecule has 1 fully saturated rings. The zero-order chi connectivity index (χ0) is 29.7. The molecule has 1 aliphatic rings. The van der Waals surface area contributed by atoms with Gasteiger partial charge in [0.05, 0.1) is 10.3 Å². The highest BCUT2D eigenvalue weighted by atomic mass is 32.2. The zero-order valence-electron chi connectivity index (χ0n) is 23.2. The van der Waals surface area contributed by atoms with Gasteiger partial charge in [-0.3, -0.25) is 4.57 Å². The van der Waals surface area contributed by atoms with Gasteiger partial charge in [-0.1, -0.05) is 42.5 Å². The van der Waals surface area contributed by atoms with Crippen molar-refractivity contribution in [3.63, 3.8) is 0 Å². The fraction of sp³-hybridized carbons (Fsp3) is 0.161. The lowest BCUT2D eigenvalue weighted by Gasteiger charge is -2.14. The quantitative estimate of drug-likeness (QED) is 0.167. The Bertz CT molecular complexity index is 2070. The zero-order valence-corrected chi connectivity index (χ0v) is 25.6. The van der Waals surface area contributed by atoms with E-state index in [1.165, 1.54) is 42.3 Å². The highest BCUT2D eigenvalue weighted by Crippen LogP contribution is 2.45. The molecule has 1 aliphatic carbocycles. The molecule has 1 saturated carbocycles. The maximum atomic E-state index is 14.0. The van der Waals surface area contributed by atoms with Gasteiger partial charge in [0.2, 0.25) is 15.2 Å². The minimum absolute atomic E-state index is 0.134. The molecule has 0 unspecified atom stereocenters. The lowest BCUT2D eigenvalue weighted by Crippen LogP contribution is -2.22. The fourth-order valence-electron chi connectivity index (χ4n) is 4.79. The first kappa shape index (κ1) is 27.8. The highest BCUT2D eigenvalue weighted by molar-refractivity contribution is 7.99. The number of rotatable bonds is 8. The SMILES string of the molecule is CN(C)S(=O)(=O)c1cccc(-c2nnc(Sc3nc(C4CC4)nc4scc(-c5ccccc5)c34)n2-c2ccc(F)cc2)c1. The van der Waals surface area contributed by atoms with Crippen molar-refractivity contribution in [1.82, 2.24) is 29.0 Å². The van der Waals surface area contributed by atoms with Gasteiger partial charge in [-0.15, -0.1) is 21.5 Å². The number of thiophene rings is 1. The van der Waals surface area contributed by atoms with Gasteiger partial charge in [0.1, 0.15) is 21.5 Å². The second-order valence-electron chi connectivity index (χ2n) is 10.4. The van der Waals surface area contributed by atoms with Crippen molar-refractivity contribution in [1.29, 1.82) is 0 Å². The van der Waals surface area contributed by atoms with Gasteiger partial charge in [0, 0.05) is 42.2 Å². The van der Waals surface area contributed by atoms with Crippen molar-refractivity contribution in [3.8, 4) is 28.2 Å². The molecule has 0 atom stereocenters. The van der Waals surface area contributed by atoms with E-state index in [9.17, 15) is 12.8 Å². The first-order chi connectivity index (χ1) is 20.8. The van der Waals surface area contributed by atoms with E-state index in [-0.39, 0.29) is 10.7 Å². The van der Waals surface area contributed by atoms with Crippen LogP contribution in [0.15, 0.2) is 99.3 Å². The van der Waals surface area contributed by atoms with Crippen LogP contribution in [-0.2, 0) is 10.0 Å². The highest BCUT2D eigenvalue weighted by Gasteiger charge is 2.30. The van der Waals surface area contributed by atoms with Crippen molar-refractivity contribution >= 4 is 43.3 Å². The monoisotopic (exact) mass is 628 g/mol. The van der Waals surface area contributed by atoms with Crippen LogP contribution in [0.1, 0.15) is 24.6 Å². The van der Waals surface area contributed by atoms with Crippen LogP contribution >= 0.6 is 23.1 Å². The molecular weight excluding hydrogens is 604 g/mol. The van der Waals surface area contributed by atoms with Gasteiger partial charge in [0.15, 0.2) is 5.82 Å². The Labute approximate surface area is 256 Å². The minimum Gasteiger partial charge on any atom is -0.270 e. The summed E-state index contributed by atoms with van der Waals surface area (Å²) in [6, 6.07) is 22.8. The number of hydrogen-bond donors (Lipinski definition) is 0. The lowest BCUT2D eigenvalue weighted by atomic mass is 10.1. The molecule has 0 N–H and O–H groups in total. The van der Waals surface area contributed by atoms with E-state index in [1.54, 1.807) is 47.7 Å². The second kappa shape index (κ2) is 10.9. The third kappa shape index (κ3) is 5.24. The molecule has 8 nitrogen and oxygen atoms in total. The summed E-state index contributed by atoms with van der Waals surface area (Å²) in [6.07, 6.45) is 2.13. The van der Waals surface area contributed by atoms with Crippen molar-refractivity contribution in [2.24, 2.45) is 0 Å². The summed E-state index contributed by atoms with van der Waals surface area (Å²) in [4.78, 5) is 11.0. The van der Waals surface area contributed by atoms with Crippen LogP contribution in [0.3, 0.4) is 0 Å². The van der Waals surface area contributed by atoms with Gasteiger partial charge in [-0.2, -0.15) is 0 Å². The molecule has 6 aromatic rings. The van der Waals surface area contributed by atoms with Gasteiger partial charge < -0.3 is 0 Å². The smallest absolute Gasteiger partial charge is 0.242 e. The number of benzene rings is 3. The number of nitrogens with zero attached hydrogens (tertiary/aromatic N) is 6. The Kier molecular flexibility index (Phi) is 7.08. The average Bonchev–Trinajstić information content (AvgIpc) is 3.65. The van der Waals surface area contributed by atoms with Crippen molar-refractivity contribution in [3.05, 3.63) is 95.9 Å². The third-order valence-corrected chi connectivity index (χ3v) is 10.8. The summed E-state index contributed by atoms with van der Waals surface area (Å²) < 4.78 is 42.8. The van der Waals surface area contributed by atoms with Crippen LogP contribution in [0.25, 0.3) is 38.4 Å². The summed E-state index contributed by atoms with van der Waals surface area (Å²) in [5.74, 6) is 1.22. The maximum absolute atomic E-state index is 14.0. The van der Waals surface area contributed by atoms with Crippen LogP contribution in [-0.4, -0.2) is 51.6 Å². The van der Waals surface area contributed by atoms with E-state index >= 15 is 0 Å². The normalized spacial score (nSPS) is 13.7. The molecule has 0 spiro atoms. The van der Waals surface area contributed by atoms with E-state index in [2.05, 4.69) is 27.7 Å². The van der Waals surface area contributed by atoms with Crippen LogP contribution in [0, 0.1) is 5.82 Å². The Hall–Kier alpha value is -3.97. The molecule has 0 bridgehead atoms. The van der Waals surface area contributed by atoms with Crippen LogP contribution < -0.4 is 0 Å². The molecule has 0 aliphatic heterocycles.